The van der Waals surface area contributed by atoms with Crippen molar-refractivity contribution in [2.24, 2.45) is 0 Å². The average Bonchev–Trinajstić information content (AvgIpc) is 3.19. The van der Waals surface area contributed by atoms with Gasteiger partial charge in [0, 0.05) is 17.8 Å². The molecule has 152 valence electrons. The van der Waals surface area contributed by atoms with Crippen molar-refractivity contribution in [1.82, 2.24) is 0 Å². The second-order valence-electron chi connectivity index (χ2n) is 5.87. The maximum absolute atomic E-state index is 13.1. The van der Waals surface area contributed by atoms with Gasteiger partial charge in [0.15, 0.2) is 0 Å². The van der Waals surface area contributed by atoms with Crippen LogP contribution in [0.15, 0.2) is 58.8 Å². The summed E-state index contributed by atoms with van der Waals surface area (Å²) < 4.78 is 32.3. The zero-order chi connectivity index (χ0) is 21.2. The van der Waals surface area contributed by atoms with Crippen molar-refractivity contribution in [2.75, 3.05) is 23.8 Å². The molecule has 0 aliphatic heterocycles. The van der Waals surface area contributed by atoms with Crippen LogP contribution in [-0.2, 0) is 10.0 Å². The van der Waals surface area contributed by atoms with E-state index in [4.69, 9.17) is 27.9 Å². The van der Waals surface area contributed by atoms with Gasteiger partial charge in [-0.2, -0.15) is 0 Å². The van der Waals surface area contributed by atoms with Crippen molar-refractivity contribution in [3.8, 4) is 5.75 Å². The number of thiophene rings is 1. The van der Waals surface area contributed by atoms with E-state index in [2.05, 4.69) is 5.32 Å². The molecular formula is C19H16Cl2N2O4S2. The Kier molecular flexibility index (Phi) is 6.38. The van der Waals surface area contributed by atoms with Gasteiger partial charge in [-0.15, -0.1) is 11.3 Å². The highest BCUT2D eigenvalue weighted by atomic mass is 35.5. The second kappa shape index (κ2) is 8.62. The van der Waals surface area contributed by atoms with E-state index < -0.39 is 15.9 Å². The first kappa shape index (κ1) is 21.4. The van der Waals surface area contributed by atoms with Gasteiger partial charge in [0.1, 0.15) is 15.5 Å². The molecule has 0 spiro atoms. The van der Waals surface area contributed by atoms with Crippen molar-refractivity contribution in [2.45, 2.75) is 4.90 Å². The highest BCUT2D eigenvalue weighted by molar-refractivity contribution is 7.93. The summed E-state index contributed by atoms with van der Waals surface area (Å²) in [4.78, 5) is 12.7. The van der Waals surface area contributed by atoms with Gasteiger partial charge in [-0.05, 0) is 53.9 Å². The summed E-state index contributed by atoms with van der Waals surface area (Å²) >= 11 is 13.0. The number of benzene rings is 2. The number of ether oxygens (including phenoxy) is 1. The monoisotopic (exact) mass is 470 g/mol. The summed E-state index contributed by atoms with van der Waals surface area (Å²) in [5, 5.41) is 5.04. The van der Waals surface area contributed by atoms with Crippen LogP contribution in [0.2, 0.25) is 10.0 Å². The smallest absolute Gasteiger partial charge is 0.267 e. The quantitative estimate of drug-likeness (QED) is 0.540. The molecule has 1 heterocycles. The minimum Gasteiger partial charge on any atom is -0.495 e. The summed E-state index contributed by atoms with van der Waals surface area (Å²) in [5.74, 6) is -0.0852. The molecule has 0 saturated heterocycles. The number of carbonyl (C=O) groups excluding carboxylic acids is 1. The summed E-state index contributed by atoms with van der Waals surface area (Å²) in [6.07, 6.45) is 0. The molecule has 10 heteroatoms. The molecule has 0 fully saturated rings. The summed E-state index contributed by atoms with van der Waals surface area (Å²) in [5.41, 5.74) is 0.845. The zero-order valence-corrected chi connectivity index (χ0v) is 18.5. The maximum Gasteiger partial charge on any atom is 0.267 e. The van der Waals surface area contributed by atoms with Crippen LogP contribution < -0.4 is 14.4 Å². The first-order valence-electron chi connectivity index (χ1n) is 8.21. The van der Waals surface area contributed by atoms with Crippen LogP contribution in [0.25, 0.3) is 0 Å². The number of nitrogens with one attached hydrogen (secondary N) is 1. The predicted molar refractivity (Wildman–Crippen MR) is 117 cm³/mol. The topological polar surface area (TPSA) is 75.7 Å². The van der Waals surface area contributed by atoms with Crippen molar-refractivity contribution in [3.05, 3.63) is 68.8 Å². The largest absolute Gasteiger partial charge is 0.495 e. The third-order valence-corrected chi connectivity index (χ3v) is 7.49. The zero-order valence-electron chi connectivity index (χ0n) is 15.3. The number of carbonyl (C=O) groups is 1. The van der Waals surface area contributed by atoms with Gasteiger partial charge in [0.05, 0.1) is 17.8 Å². The Morgan fingerprint density at radius 1 is 1.10 bits per heavy atom. The molecule has 0 atom stereocenters. The molecule has 0 aliphatic carbocycles. The van der Waals surface area contributed by atoms with Crippen molar-refractivity contribution >= 4 is 61.8 Å². The number of hydrogen-bond donors (Lipinski definition) is 1. The fourth-order valence-electron chi connectivity index (χ4n) is 2.54. The number of sulfonamides is 1. The van der Waals surface area contributed by atoms with E-state index >= 15 is 0 Å². The van der Waals surface area contributed by atoms with E-state index in [9.17, 15) is 13.2 Å². The van der Waals surface area contributed by atoms with E-state index in [0.717, 1.165) is 15.6 Å². The molecule has 3 aromatic rings. The molecule has 1 aromatic heterocycles. The van der Waals surface area contributed by atoms with Gasteiger partial charge in [-0.25, -0.2) is 8.42 Å². The van der Waals surface area contributed by atoms with Gasteiger partial charge in [-0.3, -0.25) is 9.10 Å². The standard InChI is InChI=1S/C19H16Cl2N2O4S2/c1-23(14-6-3-12(20)4-7-14)29(25,26)17-9-10-28-18(17)19(24)22-13-5-8-16(27-2)15(21)11-13/h3-11H,1-2H3,(H,22,24). The molecule has 6 nitrogen and oxygen atoms in total. The summed E-state index contributed by atoms with van der Waals surface area (Å²) in [6.45, 7) is 0. The van der Waals surface area contributed by atoms with Crippen molar-refractivity contribution in [3.63, 3.8) is 0 Å². The molecule has 1 amide bonds. The molecule has 29 heavy (non-hydrogen) atoms. The van der Waals surface area contributed by atoms with Gasteiger partial charge in [-0.1, -0.05) is 23.2 Å². The second-order valence-corrected chi connectivity index (χ2v) is 9.56. The van der Waals surface area contributed by atoms with E-state index in [1.807, 2.05) is 0 Å². The first-order valence-corrected chi connectivity index (χ1v) is 11.3. The Bertz CT molecular complexity index is 1150. The van der Waals surface area contributed by atoms with Crippen molar-refractivity contribution < 1.29 is 17.9 Å². The van der Waals surface area contributed by atoms with Gasteiger partial charge >= 0.3 is 0 Å². The van der Waals surface area contributed by atoms with Gasteiger partial charge in [0.25, 0.3) is 15.9 Å². The molecular weight excluding hydrogens is 455 g/mol. The molecule has 0 aliphatic rings. The highest BCUT2D eigenvalue weighted by Crippen LogP contribution is 2.31. The van der Waals surface area contributed by atoms with Crippen LogP contribution in [0.5, 0.6) is 5.75 Å². The van der Waals surface area contributed by atoms with Crippen LogP contribution in [0, 0.1) is 0 Å². The van der Waals surface area contributed by atoms with Crippen LogP contribution in [-0.4, -0.2) is 28.5 Å². The Labute approximate surface area is 182 Å². The Morgan fingerprint density at radius 2 is 1.79 bits per heavy atom. The molecule has 2 aromatic carbocycles. The Morgan fingerprint density at radius 3 is 2.41 bits per heavy atom. The SMILES string of the molecule is COc1ccc(NC(=O)c2sccc2S(=O)(=O)N(C)c2ccc(Cl)cc2)cc1Cl. The highest BCUT2D eigenvalue weighted by Gasteiger charge is 2.28. The van der Waals surface area contributed by atoms with Gasteiger partial charge < -0.3 is 10.1 Å². The fraction of sp³-hybridized carbons (Fsp3) is 0.105. The predicted octanol–water partition coefficient (Wildman–Crippen LogP) is 5.14. The number of rotatable bonds is 6. The molecule has 3 rings (SSSR count). The van der Waals surface area contributed by atoms with E-state index in [1.165, 1.54) is 26.3 Å². The lowest BCUT2D eigenvalue weighted by molar-refractivity contribution is 0.102. The number of hydrogen-bond acceptors (Lipinski definition) is 5. The minimum absolute atomic E-state index is 0.0674. The fourth-order valence-corrected chi connectivity index (χ4v) is 5.41. The van der Waals surface area contributed by atoms with Crippen molar-refractivity contribution in [1.29, 1.82) is 0 Å². The molecule has 1 N–H and O–H groups in total. The number of methoxy groups -OCH3 is 1. The number of halogens is 2. The summed E-state index contributed by atoms with van der Waals surface area (Å²) in [6, 6.07) is 12.5. The first-order chi connectivity index (χ1) is 13.7. The van der Waals surface area contributed by atoms with Crippen LogP contribution >= 0.6 is 34.5 Å². The number of nitrogens with zero attached hydrogens (tertiary/aromatic N) is 1. The lowest BCUT2D eigenvalue weighted by atomic mass is 10.3. The lowest BCUT2D eigenvalue weighted by Gasteiger charge is -2.19. The summed E-state index contributed by atoms with van der Waals surface area (Å²) in [7, 11) is -1.05. The molecule has 0 saturated carbocycles. The van der Waals surface area contributed by atoms with E-state index in [1.54, 1.807) is 41.8 Å². The van der Waals surface area contributed by atoms with Crippen LogP contribution in [0.1, 0.15) is 9.67 Å². The van der Waals surface area contributed by atoms with Gasteiger partial charge in [0.2, 0.25) is 0 Å². The Balaban J connectivity index is 1.88. The molecule has 0 radical (unpaired) electrons. The molecule has 0 unspecified atom stereocenters. The third kappa shape index (κ3) is 4.51. The maximum atomic E-state index is 13.1. The third-order valence-electron chi connectivity index (χ3n) is 4.07. The van der Waals surface area contributed by atoms with Crippen LogP contribution in [0.3, 0.4) is 0 Å². The number of anilines is 2. The number of amides is 1. The van der Waals surface area contributed by atoms with E-state index in [0.29, 0.717) is 27.2 Å². The Hall–Kier alpha value is -2.26. The average molecular weight is 471 g/mol. The minimum atomic E-state index is -3.95. The molecule has 0 bridgehead atoms. The van der Waals surface area contributed by atoms with Crippen LogP contribution in [0.4, 0.5) is 11.4 Å². The van der Waals surface area contributed by atoms with E-state index in [-0.39, 0.29) is 9.77 Å². The lowest BCUT2D eigenvalue weighted by Crippen LogP contribution is -2.28. The normalized spacial score (nSPS) is 11.2.